The van der Waals surface area contributed by atoms with Crippen molar-refractivity contribution < 1.29 is 18.3 Å². The Morgan fingerprint density at radius 1 is 1.57 bits per heavy atom. The van der Waals surface area contributed by atoms with Crippen molar-refractivity contribution in [1.82, 2.24) is 5.32 Å². The molecule has 0 aliphatic rings. The van der Waals surface area contributed by atoms with Gasteiger partial charge >= 0.3 is 0 Å². The minimum absolute atomic E-state index is 0.0320. The van der Waals surface area contributed by atoms with Gasteiger partial charge in [-0.3, -0.25) is 4.79 Å². The first-order valence-corrected chi connectivity index (χ1v) is 4.40. The molecule has 0 radical (unpaired) electrons. The number of hydrogen-bond donors (Lipinski definition) is 1. The number of carbonyl (C=O) groups excluding carboxylic acids is 1. The Labute approximate surface area is 82.1 Å². The Morgan fingerprint density at radius 2 is 2.29 bits per heavy atom. The zero-order chi connectivity index (χ0) is 10.8. The van der Waals surface area contributed by atoms with E-state index in [2.05, 4.69) is 16.6 Å². The van der Waals surface area contributed by atoms with Crippen LogP contribution in [0.3, 0.4) is 0 Å². The van der Waals surface area contributed by atoms with Crippen LogP contribution in [0.2, 0.25) is 0 Å². The molecule has 0 aromatic carbocycles. The summed E-state index contributed by atoms with van der Waals surface area (Å²) >= 11 is 0. The minimum Gasteiger partial charge on any atom is -0.375 e. The van der Waals surface area contributed by atoms with Crippen molar-refractivity contribution in [2.24, 2.45) is 0 Å². The molecule has 14 heavy (non-hydrogen) atoms. The topological polar surface area (TPSA) is 38.3 Å². The third-order valence-corrected chi connectivity index (χ3v) is 1.39. The smallest absolute Gasteiger partial charge is 0.261 e. The fraction of sp³-hybridized carbons (Fsp3) is 0.667. The molecule has 0 saturated carbocycles. The summed E-state index contributed by atoms with van der Waals surface area (Å²) < 4.78 is 27.7. The summed E-state index contributed by atoms with van der Waals surface area (Å²) in [5.74, 6) is -0.193. The zero-order valence-corrected chi connectivity index (χ0v) is 7.97. The van der Waals surface area contributed by atoms with E-state index in [1.807, 2.05) is 0 Å². The number of hydrogen-bond acceptors (Lipinski definition) is 2. The highest BCUT2D eigenvalue weighted by atomic mass is 19.3. The van der Waals surface area contributed by atoms with Gasteiger partial charge in [0.15, 0.2) is 0 Å². The molecule has 3 nitrogen and oxygen atoms in total. The lowest BCUT2D eigenvalue weighted by Crippen LogP contribution is -2.25. The molecule has 0 aromatic heterocycles. The molecule has 0 aliphatic heterocycles. The maximum atomic E-state index is 11.6. The Bertz CT molecular complexity index is 174. The third kappa shape index (κ3) is 9.12. The molecular formula is C9H15F2NO2. The summed E-state index contributed by atoms with van der Waals surface area (Å²) in [6.45, 7) is 3.44. The monoisotopic (exact) mass is 207 g/mol. The molecule has 0 fully saturated rings. The summed E-state index contributed by atoms with van der Waals surface area (Å²) in [6.07, 6.45) is 0.0278. The molecule has 0 aromatic rings. The summed E-state index contributed by atoms with van der Waals surface area (Å²) in [4.78, 5) is 10.9. The van der Waals surface area contributed by atoms with E-state index in [0.29, 0.717) is 13.0 Å². The predicted molar refractivity (Wildman–Crippen MR) is 49.3 cm³/mol. The van der Waals surface area contributed by atoms with Crippen LogP contribution in [-0.4, -0.2) is 32.1 Å². The molecule has 1 N–H and O–H groups in total. The van der Waals surface area contributed by atoms with Gasteiger partial charge in [-0.2, -0.15) is 0 Å². The Morgan fingerprint density at radius 3 is 2.86 bits per heavy atom. The number of amides is 1. The van der Waals surface area contributed by atoms with Crippen molar-refractivity contribution in [3.8, 4) is 0 Å². The van der Waals surface area contributed by atoms with Crippen molar-refractivity contribution in [2.75, 3.05) is 19.8 Å². The molecule has 5 heteroatoms. The van der Waals surface area contributed by atoms with Crippen LogP contribution in [0.1, 0.15) is 12.8 Å². The highest BCUT2D eigenvalue weighted by molar-refractivity contribution is 5.75. The van der Waals surface area contributed by atoms with Crippen molar-refractivity contribution in [3.63, 3.8) is 0 Å². The van der Waals surface area contributed by atoms with Crippen molar-refractivity contribution >= 4 is 5.91 Å². The highest BCUT2D eigenvalue weighted by Crippen LogP contribution is 1.93. The third-order valence-electron chi connectivity index (χ3n) is 1.39. The summed E-state index contributed by atoms with van der Waals surface area (Å²) in [5.41, 5.74) is 0. The first-order valence-electron chi connectivity index (χ1n) is 4.40. The highest BCUT2D eigenvalue weighted by Gasteiger charge is 2.03. The van der Waals surface area contributed by atoms with Gasteiger partial charge in [0.25, 0.3) is 6.43 Å². The van der Waals surface area contributed by atoms with Crippen LogP contribution in [0, 0.1) is 0 Å². The molecule has 82 valence electrons. The van der Waals surface area contributed by atoms with Gasteiger partial charge in [0, 0.05) is 13.0 Å². The summed E-state index contributed by atoms with van der Waals surface area (Å²) in [6, 6.07) is 0. The van der Waals surface area contributed by atoms with Crippen LogP contribution in [0.15, 0.2) is 12.7 Å². The molecule has 0 aliphatic carbocycles. The first kappa shape index (κ1) is 13.0. The quantitative estimate of drug-likeness (QED) is 0.482. The normalized spacial score (nSPS) is 10.2. The number of alkyl halides is 2. The van der Waals surface area contributed by atoms with Crippen molar-refractivity contribution in [1.29, 1.82) is 0 Å². The number of rotatable bonds is 8. The SMILES string of the molecule is C=CCCNC(=O)CCOCC(F)F. The second-order valence-electron chi connectivity index (χ2n) is 2.64. The molecule has 0 saturated heterocycles. The molecule has 0 unspecified atom stereocenters. The van der Waals surface area contributed by atoms with E-state index < -0.39 is 13.0 Å². The fourth-order valence-corrected chi connectivity index (χ4v) is 0.739. The van der Waals surface area contributed by atoms with Gasteiger partial charge in [-0.1, -0.05) is 6.08 Å². The number of nitrogens with one attached hydrogen (secondary N) is 1. The summed E-state index contributed by atoms with van der Waals surface area (Å²) in [5, 5.41) is 2.59. The van der Waals surface area contributed by atoms with Crippen LogP contribution < -0.4 is 5.32 Å². The van der Waals surface area contributed by atoms with E-state index in [1.54, 1.807) is 6.08 Å². The first-order chi connectivity index (χ1) is 6.66. The van der Waals surface area contributed by atoms with E-state index in [1.165, 1.54) is 0 Å². The van der Waals surface area contributed by atoms with Gasteiger partial charge in [-0.25, -0.2) is 8.78 Å². The lowest BCUT2D eigenvalue weighted by molar-refractivity contribution is -0.122. The molecule has 0 spiro atoms. The van der Waals surface area contributed by atoms with Gasteiger partial charge in [0.2, 0.25) is 5.91 Å². The second-order valence-corrected chi connectivity index (χ2v) is 2.64. The van der Waals surface area contributed by atoms with Crippen LogP contribution in [0.4, 0.5) is 8.78 Å². The zero-order valence-electron chi connectivity index (χ0n) is 7.97. The average Bonchev–Trinajstić information content (AvgIpc) is 2.13. The maximum absolute atomic E-state index is 11.6. The van der Waals surface area contributed by atoms with E-state index in [4.69, 9.17) is 0 Å². The second kappa shape index (κ2) is 8.62. The van der Waals surface area contributed by atoms with Crippen LogP contribution in [-0.2, 0) is 9.53 Å². The number of halogens is 2. The lowest BCUT2D eigenvalue weighted by Gasteiger charge is -2.04. The minimum atomic E-state index is -2.47. The molecule has 0 heterocycles. The van der Waals surface area contributed by atoms with Gasteiger partial charge in [-0.15, -0.1) is 6.58 Å². The average molecular weight is 207 g/mol. The van der Waals surface area contributed by atoms with E-state index in [9.17, 15) is 13.6 Å². The largest absolute Gasteiger partial charge is 0.375 e. The molecule has 0 bridgehead atoms. The van der Waals surface area contributed by atoms with Gasteiger partial charge in [-0.05, 0) is 6.42 Å². The van der Waals surface area contributed by atoms with E-state index in [-0.39, 0.29) is 18.9 Å². The molecule has 1 amide bonds. The van der Waals surface area contributed by atoms with Gasteiger partial charge < -0.3 is 10.1 Å². The standard InChI is InChI=1S/C9H15F2NO2/c1-2-3-5-12-9(13)4-6-14-7-8(10)11/h2,8H,1,3-7H2,(H,12,13). The maximum Gasteiger partial charge on any atom is 0.261 e. The Kier molecular flexibility index (Phi) is 8.02. The van der Waals surface area contributed by atoms with E-state index in [0.717, 1.165) is 0 Å². The van der Waals surface area contributed by atoms with Crippen LogP contribution >= 0.6 is 0 Å². The Balaban J connectivity index is 3.22. The van der Waals surface area contributed by atoms with Crippen molar-refractivity contribution in [3.05, 3.63) is 12.7 Å². The molecule has 0 rings (SSSR count). The van der Waals surface area contributed by atoms with Crippen molar-refractivity contribution in [2.45, 2.75) is 19.3 Å². The fourth-order valence-electron chi connectivity index (χ4n) is 0.739. The van der Waals surface area contributed by atoms with E-state index >= 15 is 0 Å². The molecule has 0 atom stereocenters. The number of ether oxygens (including phenoxy) is 1. The Hall–Kier alpha value is -0.970. The summed E-state index contributed by atoms with van der Waals surface area (Å²) in [7, 11) is 0. The lowest BCUT2D eigenvalue weighted by atomic mass is 10.4. The van der Waals surface area contributed by atoms with Crippen LogP contribution in [0.5, 0.6) is 0 Å². The predicted octanol–water partition coefficient (Wildman–Crippen LogP) is 1.35. The molecular weight excluding hydrogens is 192 g/mol. The van der Waals surface area contributed by atoms with Crippen LogP contribution in [0.25, 0.3) is 0 Å². The number of carbonyl (C=O) groups is 1. The van der Waals surface area contributed by atoms with Gasteiger partial charge in [0.05, 0.1) is 6.61 Å². The van der Waals surface area contributed by atoms with Gasteiger partial charge in [0.1, 0.15) is 6.61 Å².